The molecular weight excluding hydrogens is 206 g/mol. The summed E-state index contributed by atoms with van der Waals surface area (Å²) in [5, 5.41) is 7.21. The third-order valence-electron chi connectivity index (χ3n) is 2.59. The minimum atomic E-state index is 0.658. The van der Waals surface area contributed by atoms with Crippen molar-refractivity contribution in [2.24, 2.45) is 5.92 Å². The summed E-state index contributed by atoms with van der Waals surface area (Å²) in [5.74, 6) is 2.28. The molecule has 1 aliphatic rings. The van der Waals surface area contributed by atoms with Crippen LogP contribution in [0.1, 0.15) is 31.5 Å². The lowest BCUT2D eigenvalue weighted by molar-refractivity contribution is 0.149. The zero-order chi connectivity index (χ0) is 11.2. The molecule has 0 bridgehead atoms. The van der Waals surface area contributed by atoms with Crippen LogP contribution in [0.25, 0.3) is 0 Å². The molecule has 0 amide bonds. The van der Waals surface area contributed by atoms with Crippen molar-refractivity contribution < 1.29 is 9.26 Å². The van der Waals surface area contributed by atoms with Gasteiger partial charge in [0.2, 0.25) is 5.89 Å². The smallest absolute Gasteiger partial charge is 0.240 e. The van der Waals surface area contributed by atoms with Crippen molar-refractivity contribution in [3.8, 4) is 0 Å². The Morgan fingerprint density at radius 3 is 3.12 bits per heavy atom. The molecule has 1 aliphatic carbocycles. The molecule has 90 valence electrons. The van der Waals surface area contributed by atoms with Gasteiger partial charge < -0.3 is 14.6 Å². The maximum Gasteiger partial charge on any atom is 0.240 e. The van der Waals surface area contributed by atoms with E-state index in [1.54, 1.807) is 0 Å². The molecule has 1 N–H and O–H groups in total. The number of aromatic nitrogens is 2. The van der Waals surface area contributed by atoms with Crippen molar-refractivity contribution in [2.75, 3.05) is 19.8 Å². The summed E-state index contributed by atoms with van der Waals surface area (Å²) >= 11 is 0. The monoisotopic (exact) mass is 225 g/mol. The zero-order valence-corrected chi connectivity index (χ0v) is 9.74. The first-order valence-electron chi connectivity index (χ1n) is 5.98. The number of hydrogen-bond acceptors (Lipinski definition) is 5. The summed E-state index contributed by atoms with van der Waals surface area (Å²) < 4.78 is 10.3. The van der Waals surface area contributed by atoms with Gasteiger partial charge in [0.1, 0.15) is 0 Å². The second-order valence-electron chi connectivity index (χ2n) is 4.13. The summed E-state index contributed by atoms with van der Waals surface area (Å²) in [6.45, 7) is 5.11. The first-order valence-corrected chi connectivity index (χ1v) is 5.98. The SMILES string of the molecule is CCOCCc1noc(CNCC2CC2)n1. The Bertz CT molecular complexity index is 310. The van der Waals surface area contributed by atoms with Gasteiger partial charge in [-0.25, -0.2) is 0 Å². The van der Waals surface area contributed by atoms with Gasteiger partial charge in [0.25, 0.3) is 0 Å². The Hall–Kier alpha value is -0.940. The lowest BCUT2D eigenvalue weighted by atomic mass is 10.4. The van der Waals surface area contributed by atoms with Crippen molar-refractivity contribution in [3.63, 3.8) is 0 Å². The van der Waals surface area contributed by atoms with Crippen LogP contribution in [-0.2, 0) is 17.7 Å². The molecule has 0 saturated heterocycles. The number of nitrogens with one attached hydrogen (secondary N) is 1. The summed E-state index contributed by atoms with van der Waals surface area (Å²) in [4.78, 5) is 4.28. The van der Waals surface area contributed by atoms with Crippen molar-refractivity contribution in [2.45, 2.75) is 32.7 Å². The van der Waals surface area contributed by atoms with E-state index >= 15 is 0 Å². The molecule has 5 nitrogen and oxygen atoms in total. The molecule has 0 spiro atoms. The molecule has 1 fully saturated rings. The van der Waals surface area contributed by atoms with E-state index in [2.05, 4.69) is 15.5 Å². The van der Waals surface area contributed by atoms with Gasteiger partial charge in [-0.05, 0) is 32.2 Å². The molecule has 0 atom stereocenters. The topological polar surface area (TPSA) is 60.2 Å². The second-order valence-corrected chi connectivity index (χ2v) is 4.13. The van der Waals surface area contributed by atoms with Crippen molar-refractivity contribution in [1.82, 2.24) is 15.5 Å². The molecular formula is C11H19N3O2. The largest absolute Gasteiger partial charge is 0.381 e. The quantitative estimate of drug-likeness (QED) is 0.672. The molecule has 0 aliphatic heterocycles. The Morgan fingerprint density at radius 1 is 1.50 bits per heavy atom. The fraction of sp³-hybridized carbons (Fsp3) is 0.818. The molecule has 1 heterocycles. The lowest BCUT2D eigenvalue weighted by Gasteiger charge is -1.97. The minimum absolute atomic E-state index is 0.658. The molecule has 0 aromatic carbocycles. The van der Waals surface area contributed by atoms with Crippen LogP contribution in [0.15, 0.2) is 4.52 Å². The van der Waals surface area contributed by atoms with Crippen LogP contribution in [-0.4, -0.2) is 29.9 Å². The predicted molar refractivity (Wildman–Crippen MR) is 58.9 cm³/mol. The van der Waals surface area contributed by atoms with Gasteiger partial charge in [0.05, 0.1) is 13.2 Å². The standard InChI is InChI=1S/C11H19N3O2/c1-2-15-6-5-10-13-11(16-14-10)8-12-7-9-3-4-9/h9,12H,2-8H2,1H3. The Balaban J connectivity index is 1.64. The molecule has 1 saturated carbocycles. The highest BCUT2D eigenvalue weighted by atomic mass is 16.5. The van der Waals surface area contributed by atoms with Crippen LogP contribution in [0.5, 0.6) is 0 Å². The highest BCUT2D eigenvalue weighted by Gasteiger charge is 2.20. The highest BCUT2D eigenvalue weighted by molar-refractivity contribution is 4.86. The minimum Gasteiger partial charge on any atom is -0.381 e. The van der Waals surface area contributed by atoms with Gasteiger partial charge >= 0.3 is 0 Å². The van der Waals surface area contributed by atoms with E-state index in [4.69, 9.17) is 9.26 Å². The Kier molecular flexibility index (Phi) is 4.30. The van der Waals surface area contributed by atoms with Crippen molar-refractivity contribution in [1.29, 1.82) is 0 Å². The average Bonchev–Trinajstić information content (AvgIpc) is 2.99. The Morgan fingerprint density at radius 2 is 2.38 bits per heavy atom. The Labute approximate surface area is 95.6 Å². The van der Waals surface area contributed by atoms with Crippen molar-refractivity contribution in [3.05, 3.63) is 11.7 Å². The summed E-state index contributed by atoms with van der Waals surface area (Å²) in [5.41, 5.74) is 0. The number of nitrogens with zero attached hydrogens (tertiary/aromatic N) is 2. The molecule has 2 rings (SSSR count). The van der Waals surface area contributed by atoms with Gasteiger partial charge in [-0.15, -0.1) is 0 Å². The van der Waals surface area contributed by atoms with Crippen molar-refractivity contribution >= 4 is 0 Å². The highest BCUT2D eigenvalue weighted by Crippen LogP contribution is 2.27. The summed E-state index contributed by atoms with van der Waals surface area (Å²) in [6.07, 6.45) is 3.44. The third kappa shape index (κ3) is 3.90. The van der Waals surface area contributed by atoms with Crippen LogP contribution in [0.3, 0.4) is 0 Å². The lowest BCUT2D eigenvalue weighted by Crippen LogP contribution is -2.16. The van der Waals surface area contributed by atoms with Crippen LogP contribution in [0, 0.1) is 5.92 Å². The van der Waals surface area contributed by atoms with Gasteiger partial charge in [0, 0.05) is 13.0 Å². The second kappa shape index (κ2) is 5.96. The maximum atomic E-state index is 5.23. The molecule has 0 radical (unpaired) electrons. The number of ether oxygens (including phenoxy) is 1. The van der Waals surface area contributed by atoms with Gasteiger partial charge in [-0.3, -0.25) is 0 Å². The van der Waals surface area contributed by atoms with E-state index in [1.807, 2.05) is 6.92 Å². The fourth-order valence-corrected chi connectivity index (χ4v) is 1.48. The molecule has 0 unspecified atom stereocenters. The number of hydrogen-bond donors (Lipinski definition) is 1. The van der Waals surface area contributed by atoms with E-state index in [1.165, 1.54) is 12.8 Å². The van der Waals surface area contributed by atoms with Crippen LogP contribution in [0.4, 0.5) is 0 Å². The summed E-state index contributed by atoms with van der Waals surface area (Å²) in [7, 11) is 0. The van der Waals surface area contributed by atoms with Gasteiger partial charge in [-0.1, -0.05) is 5.16 Å². The molecule has 1 aromatic rings. The third-order valence-corrected chi connectivity index (χ3v) is 2.59. The van der Waals surface area contributed by atoms with Gasteiger partial charge in [-0.2, -0.15) is 4.98 Å². The van der Waals surface area contributed by atoms with E-state index in [-0.39, 0.29) is 0 Å². The average molecular weight is 225 g/mol. The zero-order valence-electron chi connectivity index (χ0n) is 9.74. The molecule has 16 heavy (non-hydrogen) atoms. The van der Waals surface area contributed by atoms with E-state index < -0.39 is 0 Å². The maximum absolute atomic E-state index is 5.23. The summed E-state index contributed by atoms with van der Waals surface area (Å²) in [6, 6.07) is 0. The predicted octanol–water partition coefficient (Wildman–Crippen LogP) is 1.15. The van der Waals surface area contributed by atoms with Crippen LogP contribution < -0.4 is 5.32 Å². The fourth-order valence-electron chi connectivity index (χ4n) is 1.48. The molecule has 5 heteroatoms. The normalized spacial score (nSPS) is 15.6. The van der Waals surface area contributed by atoms with Crippen LogP contribution in [0.2, 0.25) is 0 Å². The van der Waals surface area contributed by atoms with E-state index in [9.17, 15) is 0 Å². The first-order chi connectivity index (χ1) is 7.88. The van der Waals surface area contributed by atoms with E-state index in [0.717, 1.165) is 31.3 Å². The molecule has 1 aromatic heterocycles. The van der Waals surface area contributed by atoms with Gasteiger partial charge in [0.15, 0.2) is 5.82 Å². The number of rotatable bonds is 8. The van der Waals surface area contributed by atoms with E-state index in [0.29, 0.717) is 19.0 Å². The van der Waals surface area contributed by atoms with Crippen LogP contribution >= 0.6 is 0 Å². The first kappa shape index (κ1) is 11.5.